The molecule has 0 aromatic heterocycles. The van der Waals surface area contributed by atoms with E-state index in [1.54, 1.807) is 54.6 Å². The van der Waals surface area contributed by atoms with Gasteiger partial charge in [-0.15, -0.1) is 0 Å². The molecule has 0 aliphatic rings. The Bertz CT molecular complexity index is 1160. The number of esters is 1. The molecule has 0 spiro atoms. The van der Waals surface area contributed by atoms with Crippen molar-refractivity contribution in [2.75, 3.05) is 23.3 Å². The lowest BCUT2D eigenvalue weighted by molar-refractivity contribution is -0.114. The maximum absolute atomic E-state index is 13.3. The summed E-state index contributed by atoms with van der Waals surface area (Å²) < 4.78 is 32.2. The molecule has 160 valence electrons. The molecule has 0 bridgehead atoms. The standard InChI is InChI=1S/C23H22N2O5S/c1-17-8-14-20(15-9-17)25(31(28,29)21-6-4-3-5-7-21)16-22(26)24-19-12-10-18(11-13-19)23(27)30-2/h3-15H,16H2,1-2H3,(H,24,26). The molecule has 0 unspecified atom stereocenters. The number of carbonyl (C=O) groups excluding carboxylic acids is 2. The van der Waals surface area contributed by atoms with Crippen LogP contribution in [0, 0.1) is 6.92 Å². The molecule has 0 atom stereocenters. The van der Waals surface area contributed by atoms with Crippen LogP contribution in [0.15, 0.2) is 83.8 Å². The Morgan fingerprint density at radius 1 is 0.903 bits per heavy atom. The van der Waals surface area contributed by atoms with E-state index >= 15 is 0 Å². The van der Waals surface area contributed by atoms with Crippen molar-refractivity contribution >= 4 is 33.3 Å². The van der Waals surface area contributed by atoms with Crippen LogP contribution in [0.5, 0.6) is 0 Å². The maximum Gasteiger partial charge on any atom is 0.337 e. The Morgan fingerprint density at radius 2 is 1.52 bits per heavy atom. The van der Waals surface area contributed by atoms with Gasteiger partial charge in [-0.05, 0) is 55.5 Å². The highest BCUT2D eigenvalue weighted by atomic mass is 32.2. The van der Waals surface area contributed by atoms with Crippen LogP contribution in [0.1, 0.15) is 15.9 Å². The van der Waals surface area contributed by atoms with Crippen molar-refractivity contribution in [2.45, 2.75) is 11.8 Å². The van der Waals surface area contributed by atoms with Gasteiger partial charge in [0, 0.05) is 5.69 Å². The minimum atomic E-state index is -3.96. The quantitative estimate of drug-likeness (QED) is 0.569. The van der Waals surface area contributed by atoms with Crippen molar-refractivity contribution in [3.63, 3.8) is 0 Å². The van der Waals surface area contributed by atoms with Gasteiger partial charge in [0.25, 0.3) is 10.0 Å². The van der Waals surface area contributed by atoms with E-state index in [0.717, 1.165) is 9.87 Å². The highest BCUT2D eigenvalue weighted by Crippen LogP contribution is 2.24. The first-order chi connectivity index (χ1) is 14.8. The molecule has 7 nitrogen and oxygen atoms in total. The number of rotatable bonds is 7. The molecule has 8 heteroatoms. The van der Waals surface area contributed by atoms with Gasteiger partial charge in [-0.25, -0.2) is 13.2 Å². The van der Waals surface area contributed by atoms with Gasteiger partial charge in [0.05, 0.1) is 23.3 Å². The number of sulfonamides is 1. The maximum atomic E-state index is 13.3. The zero-order valence-electron chi connectivity index (χ0n) is 17.1. The fourth-order valence-corrected chi connectivity index (χ4v) is 4.33. The van der Waals surface area contributed by atoms with Gasteiger partial charge < -0.3 is 10.1 Å². The van der Waals surface area contributed by atoms with Crippen LogP contribution < -0.4 is 9.62 Å². The van der Waals surface area contributed by atoms with Gasteiger partial charge in [-0.1, -0.05) is 35.9 Å². The van der Waals surface area contributed by atoms with Crippen LogP contribution in [0.2, 0.25) is 0 Å². The van der Waals surface area contributed by atoms with Gasteiger partial charge in [0.2, 0.25) is 5.91 Å². The zero-order valence-corrected chi connectivity index (χ0v) is 17.9. The van der Waals surface area contributed by atoms with Crippen LogP contribution in [-0.4, -0.2) is 33.9 Å². The van der Waals surface area contributed by atoms with Crippen LogP contribution in [-0.2, 0) is 19.6 Å². The van der Waals surface area contributed by atoms with Gasteiger partial charge >= 0.3 is 5.97 Å². The van der Waals surface area contributed by atoms with E-state index in [0.29, 0.717) is 16.9 Å². The number of aryl methyl sites for hydroxylation is 1. The number of anilines is 2. The molecule has 0 radical (unpaired) electrons. The number of carbonyl (C=O) groups is 2. The molecule has 0 aliphatic heterocycles. The van der Waals surface area contributed by atoms with Crippen molar-refractivity contribution in [2.24, 2.45) is 0 Å². The van der Waals surface area contributed by atoms with Crippen LogP contribution >= 0.6 is 0 Å². The monoisotopic (exact) mass is 438 g/mol. The average molecular weight is 439 g/mol. The van der Waals surface area contributed by atoms with Crippen molar-refractivity contribution < 1.29 is 22.7 Å². The summed E-state index contributed by atoms with van der Waals surface area (Å²) in [7, 11) is -2.68. The summed E-state index contributed by atoms with van der Waals surface area (Å²) in [6.45, 7) is 1.48. The zero-order chi connectivity index (χ0) is 22.4. The highest BCUT2D eigenvalue weighted by Gasteiger charge is 2.27. The fourth-order valence-electron chi connectivity index (χ4n) is 2.88. The number of nitrogens with zero attached hydrogens (tertiary/aromatic N) is 1. The summed E-state index contributed by atoms with van der Waals surface area (Å²) in [4.78, 5) is 24.3. The van der Waals surface area contributed by atoms with Crippen molar-refractivity contribution in [1.29, 1.82) is 0 Å². The molecule has 3 rings (SSSR count). The number of hydrogen-bond donors (Lipinski definition) is 1. The summed E-state index contributed by atoms with van der Waals surface area (Å²) in [6, 6.07) is 21.0. The predicted octanol–water partition coefficient (Wildman–Crippen LogP) is 3.62. The molecule has 1 amide bonds. The number of ether oxygens (including phenoxy) is 1. The summed E-state index contributed by atoms with van der Waals surface area (Å²) in [5, 5.41) is 2.66. The first kappa shape index (κ1) is 22.0. The first-order valence-corrected chi connectivity index (χ1v) is 10.9. The van der Waals surface area contributed by atoms with E-state index in [9.17, 15) is 18.0 Å². The molecule has 0 aliphatic carbocycles. The Hall–Kier alpha value is -3.65. The second-order valence-corrected chi connectivity index (χ2v) is 8.64. The topological polar surface area (TPSA) is 92.8 Å². The number of nitrogens with one attached hydrogen (secondary N) is 1. The highest BCUT2D eigenvalue weighted by molar-refractivity contribution is 7.92. The molecule has 31 heavy (non-hydrogen) atoms. The minimum Gasteiger partial charge on any atom is -0.465 e. The van der Waals surface area contributed by atoms with Gasteiger partial charge in [0.1, 0.15) is 6.54 Å². The van der Waals surface area contributed by atoms with Gasteiger partial charge in [0.15, 0.2) is 0 Å². The fraction of sp³-hybridized carbons (Fsp3) is 0.130. The third-order valence-corrected chi connectivity index (χ3v) is 6.32. The van der Waals surface area contributed by atoms with Crippen LogP contribution in [0.25, 0.3) is 0 Å². The van der Waals surface area contributed by atoms with Crippen molar-refractivity contribution in [3.8, 4) is 0 Å². The van der Waals surface area contributed by atoms with E-state index in [2.05, 4.69) is 10.1 Å². The molecular formula is C23H22N2O5S. The molecule has 0 heterocycles. The molecule has 0 saturated heterocycles. The number of benzene rings is 3. The predicted molar refractivity (Wildman–Crippen MR) is 119 cm³/mol. The van der Waals surface area contributed by atoms with Crippen LogP contribution in [0.4, 0.5) is 11.4 Å². The van der Waals surface area contributed by atoms with Gasteiger partial charge in [-0.2, -0.15) is 0 Å². The first-order valence-electron chi connectivity index (χ1n) is 9.44. The summed E-state index contributed by atoms with van der Waals surface area (Å²) in [5.41, 5.74) is 2.12. The molecule has 3 aromatic rings. The largest absolute Gasteiger partial charge is 0.465 e. The lowest BCUT2D eigenvalue weighted by Gasteiger charge is -2.24. The summed E-state index contributed by atoms with van der Waals surface area (Å²) >= 11 is 0. The van der Waals surface area contributed by atoms with E-state index in [1.807, 2.05) is 6.92 Å². The molecule has 0 saturated carbocycles. The second-order valence-electron chi connectivity index (χ2n) is 6.78. The molecule has 3 aromatic carbocycles. The SMILES string of the molecule is COC(=O)c1ccc(NC(=O)CN(c2ccc(C)cc2)S(=O)(=O)c2ccccc2)cc1. The van der Waals surface area contributed by atoms with E-state index < -0.39 is 28.4 Å². The smallest absolute Gasteiger partial charge is 0.337 e. The lowest BCUT2D eigenvalue weighted by atomic mass is 10.2. The number of hydrogen-bond acceptors (Lipinski definition) is 5. The summed E-state index contributed by atoms with van der Waals surface area (Å²) in [6.07, 6.45) is 0. The number of methoxy groups -OCH3 is 1. The Labute approximate surface area is 181 Å². The molecule has 1 N–H and O–H groups in total. The minimum absolute atomic E-state index is 0.0887. The summed E-state index contributed by atoms with van der Waals surface area (Å²) in [5.74, 6) is -1.01. The van der Waals surface area contributed by atoms with Gasteiger partial charge in [-0.3, -0.25) is 9.10 Å². The van der Waals surface area contributed by atoms with E-state index in [1.165, 1.54) is 31.4 Å². The number of amides is 1. The average Bonchev–Trinajstić information content (AvgIpc) is 2.78. The molecular weight excluding hydrogens is 416 g/mol. The Kier molecular flexibility index (Phi) is 6.71. The van der Waals surface area contributed by atoms with E-state index in [-0.39, 0.29) is 4.90 Å². The normalized spacial score (nSPS) is 10.9. The van der Waals surface area contributed by atoms with E-state index in [4.69, 9.17) is 0 Å². The Morgan fingerprint density at radius 3 is 2.10 bits per heavy atom. The third-order valence-electron chi connectivity index (χ3n) is 4.53. The Balaban J connectivity index is 1.85. The second kappa shape index (κ2) is 9.44. The third kappa shape index (κ3) is 5.29. The van der Waals surface area contributed by atoms with Crippen LogP contribution in [0.3, 0.4) is 0 Å². The van der Waals surface area contributed by atoms with Crippen molar-refractivity contribution in [1.82, 2.24) is 0 Å². The molecule has 0 fully saturated rings. The lowest BCUT2D eigenvalue weighted by Crippen LogP contribution is -2.38. The van der Waals surface area contributed by atoms with Crippen molar-refractivity contribution in [3.05, 3.63) is 90.0 Å².